The second-order valence-electron chi connectivity index (χ2n) is 8.43. The molecule has 1 saturated heterocycles. The summed E-state index contributed by atoms with van der Waals surface area (Å²) in [6.45, 7) is 2.01. The highest BCUT2D eigenvalue weighted by Crippen LogP contribution is 2.44. The Morgan fingerprint density at radius 1 is 1.12 bits per heavy atom. The summed E-state index contributed by atoms with van der Waals surface area (Å²) in [6, 6.07) is 11.4. The molecule has 1 heterocycles. The van der Waals surface area contributed by atoms with E-state index >= 15 is 0 Å². The summed E-state index contributed by atoms with van der Waals surface area (Å²) in [5.74, 6) is -0.997. The number of nitro benzene ring substituents is 1. The minimum atomic E-state index is -4.01. The molecule has 0 aromatic heterocycles. The first kappa shape index (κ1) is 23.1. The van der Waals surface area contributed by atoms with Crippen molar-refractivity contribution in [3.05, 3.63) is 69.8 Å². The molecule has 1 spiro atoms. The number of ketones is 1. The fourth-order valence-electron chi connectivity index (χ4n) is 4.74. The van der Waals surface area contributed by atoms with E-state index in [2.05, 4.69) is 0 Å². The Bertz CT molecular complexity index is 1190. The summed E-state index contributed by atoms with van der Waals surface area (Å²) < 4.78 is 34.1. The quantitative estimate of drug-likeness (QED) is 0.371. The maximum atomic E-state index is 13.6. The number of hydrogen-bond acceptors (Lipinski definition) is 7. The lowest BCUT2D eigenvalue weighted by atomic mass is 9.83. The van der Waals surface area contributed by atoms with Crippen LogP contribution in [0, 0.1) is 17.0 Å². The van der Waals surface area contributed by atoms with Crippen LogP contribution in [-0.2, 0) is 19.6 Å². The van der Waals surface area contributed by atoms with Gasteiger partial charge in [0.05, 0.1) is 15.4 Å². The topological polar surface area (TPSA) is 124 Å². The molecule has 2 atom stereocenters. The number of piperidine rings is 1. The van der Waals surface area contributed by atoms with Gasteiger partial charge in [0.25, 0.3) is 5.69 Å². The van der Waals surface area contributed by atoms with Gasteiger partial charge in [0, 0.05) is 25.1 Å². The lowest BCUT2D eigenvalue weighted by Gasteiger charge is -2.46. The highest BCUT2D eigenvalue weighted by Gasteiger charge is 2.59. The number of esters is 1. The van der Waals surface area contributed by atoms with Gasteiger partial charge in [0.2, 0.25) is 10.0 Å². The SMILES string of the molecule is Cc1ccc(S(=O)(=O)N2CCC[C@H](OC(=O)c3ccc([N+](=O)[O-])cc3)[C@]23CCCC3=O)cc1. The fourth-order valence-corrected chi connectivity index (χ4v) is 6.59. The van der Waals surface area contributed by atoms with Gasteiger partial charge in [-0.1, -0.05) is 17.7 Å². The average Bonchev–Trinajstić information content (AvgIpc) is 3.16. The van der Waals surface area contributed by atoms with Gasteiger partial charge in [0.15, 0.2) is 5.78 Å². The van der Waals surface area contributed by atoms with E-state index in [1.807, 2.05) is 6.92 Å². The van der Waals surface area contributed by atoms with Crippen LogP contribution in [-0.4, -0.2) is 47.6 Å². The molecule has 0 amide bonds. The Hall–Kier alpha value is -3.11. The first-order valence-electron chi connectivity index (χ1n) is 10.7. The van der Waals surface area contributed by atoms with Crippen molar-refractivity contribution in [1.29, 1.82) is 0 Å². The number of aryl methyl sites for hydroxylation is 1. The van der Waals surface area contributed by atoms with E-state index in [4.69, 9.17) is 4.74 Å². The minimum absolute atomic E-state index is 0.0921. The molecule has 1 aliphatic carbocycles. The first-order chi connectivity index (χ1) is 15.7. The zero-order valence-corrected chi connectivity index (χ0v) is 18.9. The molecule has 0 N–H and O–H groups in total. The molecule has 2 aromatic carbocycles. The third-order valence-corrected chi connectivity index (χ3v) is 8.38. The Kier molecular flexibility index (Phi) is 6.06. The van der Waals surface area contributed by atoms with Gasteiger partial charge in [-0.15, -0.1) is 0 Å². The number of hydrogen-bond donors (Lipinski definition) is 0. The molecule has 0 bridgehead atoms. The first-order valence-corrected chi connectivity index (χ1v) is 12.2. The van der Waals surface area contributed by atoms with Crippen LogP contribution in [0.3, 0.4) is 0 Å². The molecular weight excluding hydrogens is 448 g/mol. The maximum Gasteiger partial charge on any atom is 0.338 e. The van der Waals surface area contributed by atoms with Gasteiger partial charge in [-0.3, -0.25) is 14.9 Å². The summed E-state index contributed by atoms with van der Waals surface area (Å²) in [5.41, 5.74) is -0.603. The van der Waals surface area contributed by atoms with Crippen molar-refractivity contribution in [2.24, 2.45) is 0 Å². The molecule has 9 nitrogen and oxygen atoms in total. The predicted molar refractivity (Wildman–Crippen MR) is 118 cm³/mol. The number of sulfonamides is 1. The van der Waals surface area contributed by atoms with Crippen LogP contribution in [0.4, 0.5) is 5.69 Å². The van der Waals surface area contributed by atoms with Crippen molar-refractivity contribution in [2.75, 3.05) is 6.54 Å². The minimum Gasteiger partial charge on any atom is -0.456 e. The molecule has 33 heavy (non-hydrogen) atoms. The average molecular weight is 473 g/mol. The molecule has 2 aromatic rings. The van der Waals surface area contributed by atoms with Gasteiger partial charge in [-0.2, -0.15) is 4.31 Å². The Morgan fingerprint density at radius 2 is 1.79 bits per heavy atom. The molecular formula is C23H24N2O7S. The Morgan fingerprint density at radius 3 is 2.36 bits per heavy atom. The van der Waals surface area contributed by atoms with Gasteiger partial charge >= 0.3 is 5.97 Å². The van der Waals surface area contributed by atoms with Crippen molar-refractivity contribution in [3.63, 3.8) is 0 Å². The zero-order chi connectivity index (χ0) is 23.8. The molecule has 1 aliphatic heterocycles. The third-order valence-electron chi connectivity index (χ3n) is 6.42. The Labute approximate surface area is 191 Å². The molecule has 10 heteroatoms. The smallest absolute Gasteiger partial charge is 0.338 e. The summed E-state index contributed by atoms with van der Waals surface area (Å²) in [7, 11) is -4.01. The van der Waals surface area contributed by atoms with Crippen molar-refractivity contribution in [2.45, 2.75) is 55.6 Å². The van der Waals surface area contributed by atoms with E-state index in [9.17, 15) is 28.1 Å². The normalized spacial score (nSPS) is 23.5. The lowest BCUT2D eigenvalue weighted by molar-refractivity contribution is -0.384. The number of ether oxygens (including phenoxy) is 1. The van der Waals surface area contributed by atoms with Crippen LogP contribution in [0.1, 0.15) is 48.0 Å². The summed E-state index contributed by atoms with van der Waals surface area (Å²) in [4.78, 5) is 36.4. The van der Waals surface area contributed by atoms with Gasteiger partial charge < -0.3 is 4.74 Å². The van der Waals surface area contributed by atoms with E-state index in [1.165, 1.54) is 40.7 Å². The largest absolute Gasteiger partial charge is 0.456 e. The standard InChI is InChI=1S/C23H24N2O7S/c1-16-6-12-19(13-7-16)33(30,31)24-15-3-5-21(23(24)14-2-4-20(23)26)32-22(27)17-8-10-18(11-9-17)25(28)29/h6-13,21H,2-5,14-15H2,1H3/t21-,23+/m0/s1. The van der Waals surface area contributed by atoms with Crippen molar-refractivity contribution >= 4 is 27.5 Å². The van der Waals surface area contributed by atoms with Crippen LogP contribution in [0.5, 0.6) is 0 Å². The number of carbonyl (C=O) groups is 2. The number of carbonyl (C=O) groups excluding carboxylic acids is 2. The second-order valence-corrected chi connectivity index (χ2v) is 10.3. The van der Waals surface area contributed by atoms with Gasteiger partial charge in [-0.25, -0.2) is 13.2 Å². The van der Waals surface area contributed by atoms with Crippen molar-refractivity contribution < 1.29 is 27.7 Å². The number of rotatable bonds is 5. The van der Waals surface area contributed by atoms with Gasteiger partial charge in [-0.05, 0) is 56.9 Å². The van der Waals surface area contributed by atoms with Crippen LogP contribution in [0.25, 0.3) is 0 Å². The molecule has 0 radical (unpaired) electrons. The van der Waals surface area contributed by atoms with Crippen molar-refractivity contribution in [1.82, 2.24) is 4.31 Å². The van der Waals surface area contributed by atoms with E-state index in [0.29, 0.717) is 19.3 Å². The molecule has 174 valence electrons. The molecule has 2 aliphatic rings. The van der Waals surface area contributed by atoms with Crippen LogP contribution in [0.15, 0.2) is 53.4 Å². The fraction of sp³-hybridized carbons (Fsp3) is 0.391. The molecule has 4 rings (SSSR count). The number of nitro groups is 1. The van der Waals surface area contributed by atoms with E-state index in [0.717, 1.165) is 5.56 Å². The monoisotopic (exact) mass is 472 g/mol. The van der Waals surface area contributed by atoms with Gasteiger partial charge in [0.1, 0.15) is 11.6 Å². The number of benzene rings is 2. The highest BCUT2D eigenvalue weighted by atomic mass is 32.2. The van der Waals surface area contributed by atoms with Crippen LogP contribution < -0.4 is 0 Å². The summed E-state index contributed by atoms with van der Waals surface area (Å²) >= 11 is 0. The predicted octanol–water partition coefficient (Wildman–Crippen LogP) is 3.41. The summed E-state index contributed by atoms with van der Waals surface area (Å²) in [6.07, 6.45) is 0.831. The number of non-ortho nitro benzene ring substituents is 1. The highest BCUT2D eigenvalue weighted by molar-refractivity contribution is 7.89. The van der Waals surface area contributed by atoms with E-state index in [1.54, 1.807) is 12.1 Å². The van der Waals surface area contributed by atoms with Crippen LogP contribution >= 0.6 is 0 Å². The second kappa shape index (κ2) is 8.68. The van der Waals surface area contributed by atoms with E-state index in [-0.39, 0.29) is 41.3 Å². The lowest BCUT2D eigenvalue weighted by Crippen LogP contribution is -2.65. The maximum absolute atomic E-state index is 13.6. The third kappa shape index (κ3) is 4.04. The number of nitrogens with zero attached hydrogens (tertiary/aromatic N) is 2. The zero-order valence-electron chi connectivity index (χ0n) is 18.1. The van der Waals surface area contributed by atoms with Crippen molar-refractivity contribution in [3.8, 4) is 0 Å². The molecule has 1 saturated carbocycles. The van der Waals surface area contributed by atoms with Crippen LogP contribution in [0.2, 0.25) is 0 Å². The Balaban J connectivity index is 1.67. The molecule has 2 fully saturated rings. The number of Topliss-reactive ketones (excluding diaryl/α,β-unsaturated/α-hetero) is 1. The van der Waals surface area contributed by atoms with E-state index < -0.39 is 32.6 Å². The molecule has 0 unspecified atom stereocenters. The summed E-state index contributed by atoms with van der Waals surface area (Å²) in [5, 5.41) is 10.9.